The molecule has 0 spiro atoms. The van der Waals surface area contributed by atoms with Gasteiger partial charge < -0.3 is 14.2 Å². The highest BCUT2D eigenvalue weighted by molar-refractivity contribution is 5.87. The molecule has 1 aliphatic rings. The van der Waals surface area contributed by atoms with E-state index in [0.29, 0.717) is 23.3 Å². The monoisotopic (exact) mass is 260 g/mol. The third-order valence-corrected chi connectivity index (χ3v) is 3.32. The van der Waals surface area contributed by atoms with Gasteiger partial charge in [0.05, 0.1) is 32.2 Å². The van der Waals surface area contributed by atoms with Crippen molar-refractivity contribution >= 4 is 10.9 Å². The van der Waals surface area contributed by atoms with Crippen LogP contribution >= 0.6 is 0 Å². The zero-order chi connectivity index (χ0) is 13.4. The fraction of sp³-hybridized carbons (Fsp3) is 0.429. The molecule has 0 bridgehead atoms. The van der Waals surface area contributed by atoms with Crippen molar-refractivity contribution in [2.24, 2.45) is 0 Å². The minimum Gasteiger partial charge on any atom is -0.493 e. The molecule has 1 aromatic carbocycles. The van der Waals surface area contributed by atoms with E-state index in [4.69, 9.17) is 14.2 Å². The van der Waals surface area contributed by atoms with Crippen molar-refractivity contribution in [3.05, 3.63) is 18.0 Å². The van der Waals surface area contributed by atoms with Crippen LogP contribution in [0, 0.1) is 0 Å². The van der Waals surface area contributed by atoms with Gasteiger partial charge in [0.25, 0.3) is 0 Å². The maximum atomic E-state index is 5.37. The van der Waals surface area contributed by atoms with Crippen LogP contribution in [0.3, 0.4) is 0 Å². The number of nitrogens with zero attached hydrogens (tertiary/aromatic N) is 2. The summed E-state index contributed by atoms with van der Waals surface area (Å²) >= 11 is 0. The number of rotatable bonds is 4. The van der Waals surface area contributed by atoms with Crippen molar-refractivity contribution in [2.45, 2.75) is 18.8 Å². The molecular weight excluding hydrogens is 244 g/mol. The molecule has 1 heterocycles. The molecule has 2 aromatic rings. The predicted octanol–water partition coefficient (Wildman–Crippen LogP) is 2.53. The number of aromatic nitrogens is 2. The van der Waals surface area contributed by atoms with Gasteiger partial charge >= 0.3 is 0 Å². The van der Waals surface area contributed by atoms with Crippen LogP contribution in [0.1, 0.15) is 24.6 Å². The van der Waals surface area contributed by atoms with Gasteiger partial charge in [-0.05, 0) is 18.9 Å². The van der Waals surface area contributed by atoms with Gasteiger partial charge in [-0.1, -0.05) is 0 Å². The summed E-state index contributed by atoms with van der Waals surface area (Å²) in [6.45, 7) is 0. The number of benzene rings is 1. The Morgan fingerprint density at radius 3 is 2.21 bits per heavy atom. The Morgan fingerprint density at radius 1 is 0.947 bits per heavy atom. The highest BCUT2D eigenvalue weighted by atomic mass is 16.5. The van der Waals surface area contributed by atoms with Crippen LogP contribution in [0.2, 0.25) is 0 Å². The molecular formula is C14H16N2O3. The summed E-state index contributed by atoms with van der Waals surface area (Å²) in [4.78, 5) is 9.09. The summed E-state index contributed by atoms with van der Waals surface area (Å²) in [6, 6.07) is 3.72. The molecule has 1 aromatic heterocycles. The Kier molecular flexibility index (Phi) is 2.89. The number of ether oxygens (including phenoxy) is 3. The van der Waals surface area contributed by atoms with Crippen LogP contribution < -0.4 is 14.2 Å². The second-order valence-electron chi connectivity index (χ2n) is 4.59. The molecule has 0 atom stereocenters. The highest BCUT2D eigenvalue weighted by Crippen LogP contribution is 2.41. The zero-order valence-electron chi connectivity index (χ0n) is 11.3. The first-order valence-corrected chi connectivity index (χ1v) is 6.24. The van der Waals surface area contributed by atoms with Crippen molar-refractivity contribution in [2.75, 3.05) is 21.3 Å². The lowest BCUT2D eigenvalue weighted by Gasteiger charge is -2.11. The average molecular weight is 260 g/mol. The Bertz CT molecular complexity index is 624. The molecule has 0 saturated heterocycles. The van der Waals surface area contributed by atoms with Crippen molar-refractivity contribution in [1.82, 2.24) is 9.97 Å². The number of fused-ring (bicyclic) bond motifs is 1. The molecule has 1 saturated carbocycles. The van der Waals surface area contributed by atoms with Gasteiger partial charge in [-0.3, -0.25) is 0 Å². The maximum Gasteiger partial charge on any atom is 0.224 e. The highest BCUT2D eigenvalue weighted by Gasteiger charge is 2.28. The molecule has 0 aliphatic heterocycles. The fourth-order valence-electron chi connectivity index (χ4n) is 2.12. The first-order chi connectivity index (χ1) is 9.26. The van der Waals surface area contributed by atoms with Crippen LogP contribution in [0.4, 0.5) is 0 Å². The minimum atomic E-state index is 0.478. The standard InChI is InChI=1S/C14H16N2O3/c1-17-11-6-9-10(7-12(11)18-2)15-13(8-4-5-8)16-14(9)19-3/h6-8H,4-5H2,1-3H3. The van der Waals surface area contributed by atoms with E-state index in [9.17, 15) is 0 Å². The maximum absolute atomic E-state index is 5.37. The van der Waals surface area contributed by atoms with E-state index in [1.54, 1.807) is 21.3 Å². The third kappa shape index (κ3) is 2.05. The summed E-state index contributed by atoms with van der Waals surface area (Å²) in [5.74, 6) is 3.24. The molecule has 5 nitrogen and oxygen atoms in total. The summed E-state index contributed by atoms with van der Waals surface area (Å²) in [5.41, 5.74) is 0.825. The smallest absolute Gasteiger partial charge is 0.224 e. The zero-order valence-corrected chi connectivity index (χ0v) is 11.3. The van der Waals surface area contributed by atoms with E-state index >= 15 is 0 Å². The quantitative estimate of drug-likeness (QED) is 0.845. The van der Waals surface area contributed by atoms with Crippen molar-refractivity contribution in [3.8, 4) is 17.4 Å². The van der Waals surface area contributed by atoms with E-state index in [0.717, 1.165) is 29.6 Å². The summed E-state index contributed by atoms with van der Waals surface area (Å²) in [7, 11) is 4.84. The Hall–Kier alpha value is -2.04. The summed E-state index contributed by atoms with van der Waals surface area (Å²) < 4.78 is 16.0. The molecule has 19 heavy (non-hydrogen) atoms. The van der Waals surface area contributed by atoms with E-state index in [1.807, 2.05) is 12.1 Å². The lowest BCUT2D eigenvalue weighted by atomic mass is 10.2. The Balaban J connectivity index is 2.23. The van der Waals surface area contributed by atoms with Crippen molar-refractivity contribution in [3.63, 3.8) is 0 Å². The van der Waals surface area contributed by atoms with E-state index in [-0.39, 0.29) is 0 Å². The molecule has 0 N–H and O–H groups in total. The number of methoxy groups -OCH3 is 3. The predicted molar refractivity (Wildman–Crippen MR) is 71.2 cm³/mol. The molecule has 1 fully saturated rings. The van der Waals surface area contributed by atoms with Crippen LogP contribution in [0.25, 0.3) is 10.9 Å². The number of hydrogen-bond donors (Lipinski definition) is 0. The first kappa shape index (κ1) is 12.0. The van der Waals surface area contributed by atoms with Crippen molar-refractivity contribution < 1.29 is 14.2 Å². The molecule has 1 aliphatic carbocycles. The van der Waals surface area contributed by atoms with Crippen LogP contribution in [-0.4, -0.2) is 31.3 Å². The van der Waals surface area contributed by atoms with Gasteiger partial charge in [-0.25, -0.2) is 4.98 Å². The molecule has 0 amide bonds. The van der Waals surface area contributed by atoms with E-state index < -0.39 is 0 Å². The van der Waals surface area contributed by atoms with Gasteiger partial charge in [0.2, 0.25) is 5.88 Å². The normalized spacial score (nSPS) is 14.5. The van der Waals surface area contributed by atoms with Gasteiger partial charge in [-0.2, -0.15) is 4.98 Å². The van der Waals surface area contributed by atoms with Crippen LogP contribution in [0.15, 0.2) is 12.1 Å². The molecule has 0 radical (unpaired) electrons. The number of hydrogen-bond acceptors (Lipinski definition) is 5. The molecule has 5 heteroatoms. The molecule has 100 valence electrons. The average Bonchev–Trinajstić information content (AvgIpc) is 3.29. The van der Waals surface area contributed by atoms with Crippen LogP contribution in [-0.2, 0) is 0 Å². The fourth-order valence-corrected chi connectivity index (χ4v) is 2.12. The second-order valence-corrected chi connectivity index (χ2v) is 4.59. The first-order valence-electron chi connectivity index (χ1n) is 6.24. The van der Waals surface area contributed by atoms with Crippen molar-refractivity contribution in [1.29, 1.82) is 0 Å². The van der Waals surface area contributed by atoms with E-state index in [1.165, 1.54) is 0 Å². The largest absolute Gasteiger partial charge is 0.493 e. The van der Waals surface area contributed by atoms with Crippen LogP contribution in [0.5, 0.6) is 17.4 Å². The molecule has 3 rings (SSSR count). The minimum absolute atomic E-state index is 0.478. The van der Waals surface area contributed by atoms with Gasteiger partial charge in [0.15, 0.2) is 11.5 Å². The van der Waals surface area contributed by atoms with Gasteiger partial charge in [-0.15, -0.1) is 0 Å². The lowest BCUT2D eigenvalue weighted by molar-refractivity contribution is 0.355. The second kappa shape index (κ2) is 4.57. The SMILES string of the molecule is COc1cc2nc(C3CC3)nc(OC)c2cc1OC. The lowest BCUT2D eigenvalue weighted by Crippen LogP contribution is -1.99. The van der Waals surface area contributed by atoms with Gasteiger partial charge in [0, 0.05) is 12.0 Å². The Morgan fingerprint density at radius 2 is 1.63 bits per heavy atom. The summed E-state index contributed by atoms with van der Waals surface area (Å²) in [6.07, 6.45) is 2.31. The van der Waals surface area contributed by atoms with E-state index in [2.05, 4.69) is 9.97 Å². The van der Waals surface area contributed by atoms with Gasteiger partial charge in [0.1, 0.15) is 5.82 Å². The summed E-state index contributed by atoms with van der Waals surface area (Å²) in [5, 5.41) is 0.838. The Labute approximate surface area is 111 Å². The topological polar surface area (TPSA) is 53.5 Å². The molecule has 0 unspecified atom stereocenters. The third-order valence-electron chi connectivity index (χ3n) is 3.32.